The number of rotatable bonds is 17. The molecule has 1 heterocycles. The summed E-state index contributed by atoms with van der Waals surface area (Å²) in [5, 5.41) is 15.9. The van der Waals surface area contributed by atoms with Crippen molar-refractivity contribution in [2.75, 3.05) is 5.01 Å². The molecule has 0 aromatic heterocycles. The molecule has 0 radical (unpaired) electrons. The van der Waals surface area contributed by atoms with Gasteiger partial charge < -0.3 is 10.8 Å². The molecule has 0 fully saturated rings. The van der Waals surface area contributed by atoms with Crippen LogP contribution in [-0.4, -0.2) is 40.7 Å². The average Bonchev–Trinajstić information content (AvgIpc) is 3.36. The topological polar surface area (TPSA) is 130 Å². The normalized spacial score (nSPS) is 15.2. The van der Waals surface area contributed by atoms with Crippen molar-refractivity contribution in [1.82, 2.24) is 4.48 Å². The molecule has 1 unspecified atom stereocenters. The fraction of sp³-hybridized carbons (Fsp3) is 0.485. The van der Waals surface area contributed by atoms with E-state index in [1.807, 2.05) is 12.1 Å². The van der Waals surface area contributed by atoms with Crippen LogP contribution in [0, 0.1) is 0 Å². The number of nitrogens with two attached hydrogens (primary N) is 1. The molecule has 1 aliphatic rings. The van der Waals surface area contributed by atoms with Gasteiger partial charge in [0.05, 0.1) is 19.0 Å². The number of carboxylic acids is 1. The molecule has 9 heteroatoms. The summed E-state index contributed by atoms with van der Waals surface area (Å²) < 4.78 is -0.897. The second-order valence-electron chi connectivity index (χ2n) is 11.1. The van der Waals surface area contributed by atoms with E-state index in [4.69, 9.17) is 5.73 Å². The third kappa shape index (κ3) is 8.12. The van der Waals surface area contributed by atoms with Crippen LogP contribution < -0.4 is 15.2 Å². The van der Waals surface area contributed by atoms with Gasteiger partial charge in [-0.2, -0.15) is 9.49 Å². The lowest BCUT2D eigenvalue weighted by molar-refractivity contribution is -0.147. The molecule has 2 atom stereocenters. The Bertz CT molecular complexity index is 1240. The van der Waals surface area contributed by atoms with E-state index in [1.165, 1.54) is 63.3 Å². The Hall–Kier alpha value is -3.85. The minimum Gasteiger partial charge on any atom is -0.477 e. The van der Waals surface area contributed by atoms with E-state index in [0.717, 1.165) is 24.8 Å². The molecule has 0 bridgehead atoms. The molecule has 42 heavy (non-hydrogen) atoms. The number of benzene rings is 2. The minimum atomic E-state index is -1.59. The molecule has 226 valence electrons. The summed E-state index contributed by atoms with van der Waals surface area (Å²) in [4.78, 5) is 51.2. The summed E-state index contributed by atoms with van der Waals surface area (Å²) >= 11 is 0. The van der Waals surface area contributed by atoms with Crippen LogP contribution in [0.4, 0.5) is 11.4 Å². The third-order valence-corrected chi connectivity index (χ3v) is 7.98. The lowest BCUT2D eigenvalue weighted by atomic mass is 10.0. The summed E-state index contributed by atoms with van der Waals surface area (Å²) in [6.07, 6.45) is 12.5. The van der Waals surface area contributed by atoms with Crippen LogP contribution in [-0.2, 0) is 25.6 Å². The van der Waals surface area contributed by atoms with E-state index in [0.29, 0.717) is 11.4 Å². The first-order chi connectivity index (χ1) is 20.2. The first-order valence-corrected chi connectivity index (χ1v) is 15.2. The number of hydrazone groups is 1. The second-order valence-corrected chi connectivity index (χ2v) is 11.1. The van der Waals surface area contributed by atoms with E-state index in [-0.39, 0.29) is 12.3 Å². The molecule has 0 saturated heterocycles. The van der Waals surface area contributed by atoms with Crippen molar-refractivity contribution >= 4 is 40.9 Å². The number of aliphatic carboxylic acids is 1. The Kier molecular flexibility index (Phi) is 12.4. The number of hydrogen-bond donors (Lipinski definition) is 2. The van der Waals surface area contributed by atoms with Crippen LogP contribution in [0.3, 0.4) is 0 Å². The van der Waals surface area contributed by atoms with Gasteiger partial charge in [0.1, 0.15) is 12.1 Å². The highest BCUT2D eigenvalue weighted by atomic mass is 16.4. The quantitative estimate of drug-likeness (QED) is 0.174. The summed E-state index contributed by atoms with van der Waals surface area (Å²) in [6.45, 7) is 3.49. The summed E-state index contributed by atoms with van der Waals surface area (Å²) in [7, 11) is 0. The summed E-state index contributed by atoms with van der Waals surface area (Å²) in [5.74, 6) is -3.19. The molecule has 2 aromatic rings. The minimum absolute atomic E-state index is 0.0347. The van der Waals surface area contributed by atoms with Crippen LogP contribution in [0.15, 0.2) is 59.7 Å². The smallest absolute Gasteiger partial charge is 0.364 e. The second kappa shape index (κ2) is 16.0. The number of anilines is 1. The van der Waals surface area contributed by atoms with Gasteiger partial charge >= 0.3 is 11.9 Å². The number of aryl methyl sites for hydroxylation is 1. The fourth-order valence-electron chi connectivity index (χ4n) is 5.77. The molecular formula is C33H45N4O5+. The van der Waals surface area contributed by atoms with Gasteiger partial charge in [-0.25, -0.2) is 9.59 Å². The van der Waals surface area contributed by atoms with Crippen LogP contribution in [0.2, 0.25) is 0 Å². The lowest BCUT2D eigenvalue weighted by Gasteiger charge is -2.37. The van der Waals surface area contributed by atoms with Gasteiger partial charge in [0.15, 0.2) is 0 Å². The zero-order valence-electron chi connectivity index (χ0n) is 25.0. The van der Waals surface area contributed by atoms with Crippen LogP contribution in [0.1, 0.15) is 96.5 Å². The van der Waals surface area contributed by atoms with Crippen molar-refractivity contribution < 1.29 is 24.3 Å². The maximum atomic E-state index is 13.5. The largest absolute Gasteiger partial charge is 0.477 e. The van der Waals surface area contributed by atoms with E-state index in [9.17, 15) is 24.3 Å². The molecule has 3 N–H and O–H groups in total. The summed E-state index contributed by atoms with van der Waals surface area (Å²) in [5.41, 5.74) is 7.34. The highest BCUT2D eigenvalue weighted by molar-refractivity contribution is 6.23. The van der Waals surface area contributed by atoms with Gasteiger partial charge in [-0.05, 0) is 30.5 Å². The molecule has 0 spiro atoms. The van der Waals surface area contributed by atoms with Crippen molar-refractivity contribution in [2.24, 2.45) is 10.8 Å². The molecule has 3 rings (SSSR count). The van der Waals surface area contributed by atoms with Gasteiger partial charge in [-0.3, -0.25) is 9.59 Å². The Morgan fingerprint density at radius 3 is 2.00 bits per heavy atom. The Balaban J connectivity index is 1.82. The molecule has 0 saturated carbocycles. The van der Waals surface area contributed by atoms with Crippen molar-refractivity contribution in [2.45, 2.75) is 103 Å². The van der Waals surface area contributed by atoms with Gasteiger partial charge in [-0.15, -0.1) is 5.10 Å². The predicted molar refractivity (Wildman–Crippen MR) is 166 cm³/mol. The van der Waals surface area contributed by atoms with Gasteiger partial charge in [0.25, 0.3) is 5.91 Å². The average molecular weight is 578 g/mol. The first-order valence-electron chi connectivity index (χ1n) is 15.2. The van der Waals surface area contributed by atoms with Crippen molar-refractivity contribution in [1.29, 1.82) is 0 Å². The standard InChI is InChI=1S/C33H44N4O5/c1-3-4-5-6-7-8-9-10-11-13-16-26-19-21-28(22-20-26)37(25(2)38,29(33(41)42)23-30(34)39)31-24-32(40)36(35-31)27-17-14-12-15-18-27/h12,14-15,17-22,29H,3-11,13,16,23-24H2,1-2H3,(H2-,34,39,41,42)/p+1/t29-,37?/m0/s1. The van der Waals surface area contributed by atoms with Crippen molar-refractivity contribution in [3.05, 3.63) is 60.2 Å². The zero-order valence-corrected chi connectivity index (χ0v) is 25.0. The van der Waals surface area contributed by atoms with Gasteiger partial charge in [0.2, 0.25) is 17.8 Å². The number of quaternary nitrogens is 1. The highest BCUT2D eigenvalue weighted by Crippen LogP contribution is 2.35. The number of hydrogen-bond acceptors (Lipinski definition) is 5. The van der Waals surface area contributed by atoms with Crippen LogP contribution in [0.25, 0.3) is 0 Å². The van der Waals surface area contributed by atoms with Crippen LogP contribution in [0.5, 0.6) is 0 Å². The fourth-order valence-corrected chi connectivity index (χ4v) is 5.77. The molecule has 3 amide bonds. The SMILES string of the molecule is CCCCCCCCCCCCc1ccc([N+](C(C)=O)(C2=NN(c3ccccc3)C(=O)C2)[C@@H](CC(N)=O)C(=O)O)cc1. The number of carbonyl (C=O) groups is 4. The Labute approximate surface area is 249 Å². The number of carboxylic acid groups (broad SMARTS) is 1. The number of unbranched alkanes of at least 4 members (excludes halogenated alkanes) is 9. The maximum absolute atomic E-state index is 13.5. The van der Waals surface area contributed by atoms with Gasteiger partial charge in [-0.1, -0.05) is 95.0 Å². The molecule has 2 aromatic carbocycles. The Morgan fingerprint density at radius 1 is 0.905 bits per heavy atom. The predicted octanol–water partition coefficient (Wildman–Crippen LogP) is 6.08. The molecular weight excluding hydrogens is 532 g/mol. The number of amidine groups is 1. The summed E-state index contributed by atoms with van der Waals surface area (Å²) in [6, 6.07) is 14.3. The maximum Gasteiger partial charge on any atom is 0.364 e. The number of amides is 3. The van der Waals surface area contributed by atoms with E-state index < -0.39 is 40.6 Å². The van der Waals surface area contributed by atoms with E-state index >= 15 is 0 Å². The first kappa shape index (κ1) is 32.7. The zero-order chi connectivity index (χ0) is 30.5. The van der Waals surface area contributed by atoms with Crippen molar-refractivity contribution in [3.8, 4) is 0 Å². The third-order valence-electron chi connectivity index (χ3n) is 7.98. The monoisotopic (exact) mass is 577 g/mol. The number of para-hydroxylation sites is 1. The highest BCUT2D eigenvalue weighted by Gasteiger charge is 2.56. The molecule has 0 aliphatic carbocycles. The van der Waals surface area contributed by atoms with Gasteiger partial charge in [0, 0.05) is 12.1 Å². The molecule has 1 aliphatic heterocycles. The number of primary amides is 1. The van der Waals surface area contributed by atoms with E-state index in [2.05, 4.69) is 12.0 Å². The molecule has 9 nitrogen and oxygen atoms in total. The van der Waals surface area contributed by atoms with Crippen molar-refractivity contribution in [3.63, 3.8) is 0 Å². The number of nitrogens with zero attached hydrogens (tertiary/aromatic N) is 3. The number of carbonyl (C=O) groups excluding carboxylic acids is 3. The van der Waals surface area contributed by atoms with Crippen LogP contribution >= 0.6 is 0 Å². The lowest BCUT2D eigenvalue weighted by Crippen LogP contribution is -2.67. The Morgan fingerprint density at radius 2 is 1.48 bits per heavy atom. The van der Waals surface area contributed by atoms with E-state index in [1.54, 1.807) is 42.5 Å².